The molecule has 1 aliphatic rings. The first-order valence-electron chi connectivity index (χ1n) is 7.94. The highest BCUT2D eigenvalue weighted by Gasteiger charge is 2.28. The number of pyridine rings is 1. The molecule has 2 atom stereocenters. The number of rotatable bonds is 5. The van der Waals surface area contributed by atoms with E-state index in [4.69, 9.17) is 4.74 Å². The van der Waals surface area contributed by atoms with Crippen LogP contribution >= 0.6 is 0 Å². The second kappa shape index (κ2) is 6.98. The molecule has 2 aromatic heterocycles. The minimum Gasteiger partial charge on any atom is -0.367 e. The molecule has 1 saturated heterocycles. The summed E-state index contributed by atoms with van der Waals surface area (Å²) in [4.78, 5) is 11.2. The molecule has 3 heterocycles. The Morgan fingerprint density at radius 2 is 2.41 bits per heavy atom. The smallest absolute Gasteiger partial charge is 0.180 e. The van der Waals surface area contributed by atoms with E-state index < -0.39 is 0 Å². The standard InChI is InChI=1S/C16H23N5O/c1-3-5-15-18-16(20-19-15)14-11-21(8-9-22-14)12(2)13-6-4-7-17-10-13/h4,6-7,10,12,14H,3,5,8-9,11H2,1-2H3,(H,18,19,20)/t12-,14+/m0/s1. The van der Waals surface area contributed by atoms with Gasteiger partial charge in [0.1, 0.15) is 11.9 Å². The van der Waals surface area contributed by atoms with Crippen molar-refractivity contribution >= 4 is 0 Å². The second-order valence-electron chi connectivity index (χ2n) is 5.71. The fourth-order valence-electron chi connectivity index (χ4n) is 2.81. The van der Waals surface area contributed by atoms with Crippen LogP contribution in [0.1, 0.15) is 49.6 Å². The minimum atomic E-state index is -0.0604. The van der Waals surface area contributed by atoms with Crippen molar-refractivity contribution in [3.05, 3.63) is 41.7 Å². The van der Waals surface area contributed by atoms with Crippen LogP contribution in [0, 0.1) is 0 Å². The molecule has 118 valence electrons. The number of ether oxygens (including phenoxy) is 1. The van der Waals surface area contributed by atoms with Crippen molar-refractivity contribution in [1.82, 2.24) is 25.1 Å². The molecule has 0 aromatic carbocycles. The lowest BCUT2D eigenvalue weighted by atomic mass is 10.1. The van der Waals surface area contributed by atoms with Crippen LogP contribution in [-0.2, 0) is 11.2 Å². The van der Waals surface area contributed by atoms with Gasteiger partial charge in [-0.05, 0) is 25.0 Å². The van der Waals surface area contributed by atoms with E-state index in [9.17, 15) is 0 Å². The quantitative estimate of drug-likeness (QED) is 0.917. The first-order chi connectivity index (χ1) is 10.8. The summed E-state index contributed by atoms with van der Waals surface area (Å²) in [5, 5.41) is 7.33. The van der Waals surface area contributed by atoms with E-state index in [0.717, 1.165) is 37.6 Å². The lowest BCUT2D eigenvalue weighted by Crippen LogP contribution is -2.40. The zero-order chi connectivity index (χ0) is 15.4. The van der Waals surface area contributed by atoms with Crippen molar-refractivity contribution in [2.45, 2.75) is 38.8 Å². The second-order valence-corrected chi connectivity index (χ2v) is 5.71. The number of aromatic amines is 1. The Morgan fingerprint density at radius 1 is 1.50 bits per heavy atom. The molecule has 0 amide bonds. The van der Waals surface area contributed by atoms with Crippen molar-refractivity contribution in [2.24, 2.45) is 0 Å². The van der Waals surface area contributed by atoms with Crippen molar-refractivity contribution in [2.75, 3.05) is 19.7 Å². The molecule has 0 aliphatic carbocycles. The monoisotopic (exact) mass is 301 g/mol. The highest BCUT2D eigenvalue weighted by molar-refractivity contribution is 5.13. The predicted octanol–water partition coefficient (Wildman–Crippen LogP) is 2.29. The van der Waals surface area contributed by atoms with Crippen LogP contribution in [0.2, 0.25) is 0 Å². The van der Waals surface area contributed by atoms with Gasteiger partial charge in [0, 0.05) is 37.9 Å². The van der Waals surface area contributed by atoms with Crippen molar-refractivity contribution in [3.63, 3.8) is 0 Å². The summed E-state index contributed by atoms with van der Waals surface area (Å²) in [6.45, 7) is 6.77. The fourth-order valence-corrected chi connectivity index (χ4v) is 2.81. The average Bonchev–Trinajstić information content (AvgIpc) is 3.04. The summed E-state index contributed by atoms with van der Waals surface area (Å²) < 4.78 is 5.87. The van der Waals surface area contributed by atoms with E-state index in [2.05, 4.69) is 45.0 Å². The van der Waals surface area contributed by atoms with E-state index in [0.29, 0.717) is 12.6 Å². The molecule has 3 rings (SSSR count). The molecule has 1 aliphatic heterocycles. The normalized spacial score (nSPS) is 20.9. The summed E-state index contributed by atoms with van der Waals surface area (Å²) in [5.74, 6) is 1.71. The molecule has 6 heteroatoms. The molecule has 2 aromatic rings. The van der Waals surface area contributed by atoms with Crippen LogP contribution < -0.4 is 0 Å². The maximum atomic E-state index is 5.87. The summed E-state index contributed by atoms with van der Waals surface area (Å²) in [6.07, 6.45) is 5.66. The van der Waals surface area contributed by atoms with Crippen LogP contribution in [0.4, 0.5) is 0 Å². The molecule has 1 fully saturated rings. The highest BCUT2D eigenvalue weighted by atomic mass is 16.5. The van der Waals surface area contributed by atoms with Crippen LogP contribution in [-0.4, -0.2) is 44.8 Å². The van der Waals surface area contributed by atoms with E-state index in [1.807, 2.05) is 12.3 Å². The van der Waals surface area contributed by atoms with Crippen LogP contribution in [0.25, 0.3) is 0 Å². The van der Waals surface area contributed by atoms with Crippen molar-refractivity contribution in [3.8, 4) is 0 Å². The molecule has 0 radical (unpaired) electrons. The number of nitrogens with one attached hydrogen (secondary N) is 1. The third-order valence-electron chi connectivity index (χ3n) is 4.14. The number of nitrogens with zero attached hydrogens (tertiary/aromatic N) is 4. The summed E-state index contributed by atoms with van der Waals surface area (Å²) >= 11 is 0. The largest absolute Gasteiger partial charge is 0.367 e. The Bertz CT molecular complexity index is 585. The minimum absolute atomic E-state index is 0.0604. The van der Waals surface area contributed by atoms with E-state index in [-0.39, 0.29) is 6.10 Å². The SMILES string of the molecule is CCCc1nc([C@H]2CN([C@@H](C)c3cccnc3)CCO2)n[nH]1. The van der Waals surface area contributed by atoms with Gasteiger partial charge in [0.2, 0.25) is 0 Å². The molecule has 0 unspecified atom stereocenters. The number of morpholine rings is 1. The molecule has 1 N–H and O–H groups in total. The van der Waals surface area contributed by atoms with E-state index >= 15 is 0 Å². The van der Waals surface area contributed by atoms with Crippen molar-refractivity contribution in [1.29, 1.82) is 0 Å². The van der Waals surface area contributed by atoms with Gasteiger partial charge in [0.15, 0.2) is 5.82 Å². The highest BCUT2D eigenvalue weighted by Crippen LogP contribution is 2.26. The maximum absolute atomic E-state index is 5.87. The van der Waals surface area contributed by atoms with Crippen molar-refractivity contribution < 1.29 is 4.74 Å². The molecule has 6 nitrogen and oxygen atoms in total. The van der Waals surface area contributed by atoms with Gasteiger partial charge < -0.3 is 4.74 Å². The lowest BCUT2D eigenvalue weighted by Gasteiger charge is -2.35. The van der Waals surface area contributed by atoms with Gasteiger partial charge in [-0.25, -0.2) is 4.98 Å². The lowest BCUT2D eigenvalue weighted by molar-refractivity contribution is -0.0470. The number of H-pyrrole nitrogens is 1. The Balaban J connectivity index is 1.68. The van der Waals surface area contributed by atoms with E-state index in [1.165, 1.54) is 5.56 Å². The van der Waals surface area contributed by atoms with Gasteiger partial charge in [-0.15, -0.1) is 0 Å². The average molecular weight is 301 g/mol. The summed E-state index contributed by atoms with van der Waals surface area (Å²) in [5.41, 5.74) is 1.23. The third-order valence-corrected chi connectivity index (χ3v) is 4.14. The molecule has 0 spiro atoms. The van der Waals surface area contributed by atoms with Crippen LogP contribution in [0.3, 0.4) is 0 Å². The Labute approximate surface area is 130 Å². The third kappa shape index (κ3) is 3.34. The molecule has 0 saturated carbocycles. The molecular formula is C16H23N5O. The Morgan fingerprint density at radius 3 is 3.18 bits per heavy atom. The Hall–Kier alpha value is -1.79. The van der Waals surface area contributed by atoms with E-state index in [1.54, 1.807) is 6.20 Å². The summed E-state index contributed by atoms with van der Waals surface area (Å²) in [7, 11) is 0. The zero-order valence-electron chi connectivity index (χ0n) is 13.2. The van der Waals surface area contributed by atoms with Gasteiger partial charge in [-0.2, -0.15) is 5.10 Å². The van der Waals surface area contributed by atoms with Gasteiger partial charge in [0.05, 0.1) is 6.61 Å². The van der Waals surface area contributed by atoms with Gasteiger partial charge in [-0.1, -0.05) is 13.0 Å². The molecule has 0 bridgehead atoms. The first-order valence-corrected chi connectivity index (χ1v) is 7.94. The van der Waals surface area contributed by atoms with Gasteiger partial charge in [0.25, 0.3) is 0 Å². The fraction of sp³-hybridized carbons (Fsp3) is 0.562. The topological polar surface area (TPSA) is 66.9 Å². The van der Waals surface area contributed by atoms with Crippen LogP contribution in [0.15, 0.2) is 24.5 Å². The van der Waals surface area contributed by atoms with Crippen LogP contribution in [0.5, 0.6) is 0 Å². The molecular weight excluding hydrogens is 278 g/mol. The van der Waals surface area contributed by atoms with Gasteiger partial charge in [-0.3, -0.25) is 15.0 Å². The number of hydrogen-bond acceptors (Lipinski definition) is 5. The zero-order valence-corrected chi connectivity index (χ0v) is 13.2. The number of aryl methyl sites for hydroxylation is 1. The predicted molar refractivity (Wildman–Crippen MR) is 83.3 cm³/mol. The maximum Gasteiger partial charge on any atom is 0.180 e. The van der Waals surface area contributed by atoms with Gasteiger partial charge >= 0.3 is 0 Å². The number of hydrogen-bond donors (Lipinski definition) is 1. The first kappa shape index (κ1) is 15.1. The number of aromatic nitrogens is 4. The Kier molecular flexibility index (Phi) is 4.80. The summed E-state index contributed by atoms with van der Waals surface area (Å²) in [6, 6.07) is 4.42. The molecule has 22 heavy (non-hydrogen) atoms.